The maximum Gasteiger partial charge on any atom is 0.319 e. The SMILES string of the molecule is O=C(Nc1ccc(NC(=O)[C@@H]2CCCO2)cc1)NC1CCSCC1. The number of rotatable bonds is 4. The molecule has 0 spiro atoms. The van der Waals surface area contributed by atoms with Crippen LogP contribution in [0.1, 0.15) is 25.7 Å². The van der Waals surface area contributed by atoms with Crippen LogP contribution in [0.15, 0.2) is 24.3 Å². The van der Waals surface area contributed by atoms with Crippen molar-refractivity contribution in [3.63, 3.8) is 0 Å². The van der Waals surface area contributed by atoms with E-state index in [1.54, 1.807) is 24.3 Å². The molecule has 0 bridgehead atoms. The number of benzene rings is 1. The van der Waals surface area contributed by atoms with E-state index in [0.29, 0.717) is 18.0 Å². The number of hydrogen-bond acceptors (Lipinski definition) is 4. The van der Waals surface area contributed by atoms with Gasteiger partial charge in [-0.25, -0.2) is 4.79 Å². The highest BCUT2D eigenvalue weighted by molar-refractivity contribution is 7.99. The summed E-state index contributed by atoms with van der Waals surface area (Å²) in [5.74, 6) is 2.09. The van der Waals surface area contributed by atoms with Gasteiger partial charge < -0.3 is 20.7 Å². The summed E-state index contributed by atoms with van der Waals surface area (Å²) in [6.45, 7) is 0.649. The van der Waals surface area contributed by atoms with E-state index in [-0.39, 0.29) is 24.1 Å². The van der Waals surface area contributed by atoms with Gasteiger partial charge >= 0.3 is 6.03 Å². The van der Waals surface area contributed by atoms with Crippen molar-refractivity contribution in [3.8, 4) is 0 Å². The standard InChI is InChI=1S/C17H23N3O3S/c21-16(15-2-1-9-23-15)18-12-3-5-13(6-4-12)19-17(22)20-14-7-10-24-11-8-14/h3-6,14-15H,1-2,7-11H2,(H,18,21)(H2,19,20,22)/t15-/m0/s1. The lowest BCUT2D eigenvalue weighted by atomic mass is 10.2. The highest BCUT2D eigenvalue weighted by atomic mass is 32.2. The van der Waals surface area contributed by atoms with Crippen LogP contribution in [0.4, 0.5) is 16.2 Å². The van der Waals surface area contributed by atoms with Crippen molar-refractivity contribution in [1.29, 1.82) is 0 Å². The maximum atomic E-state index is 12.0. The summed E-state index contributed by atoms with van der Waals surface area (Å²) in [6.07, 6.45) is 3.39. The van der Waals surface area contributed by atoms with Gasteiger partial charge in [0.25, 0.3) is 5.91 Å². The van der Waals surface area contributed by atoms with Gasteiger partial charge in [-0.2, -0.15) is 11.8 Å². The normalized spacial score (nSPS) is 21.2. The first-order valence-electron chi connectivity index (χ1n) is 8.38. The number of carbonyl (C=O) groups is 2. The van der Waals surface area contributed by atoms with Gasteiger partial charge in [-0.15, -0.1) is 0 Å². The van der Waals surface area contributed by atoms with Crippen LogP contribution in [0.5, 0.6) is 0 Å². The van der Waals surface area contributed by atoms with Crippen LogP contribution < -0.4 is 16.0 Å². The lowest BCUT2D eigenvalue weighted by molar-refractivity contribution is -0.124. The van der Waals surface area contributed by atoms with Crippen molar-refractivity contribution in [3.05, 3.63) is 24.3 Å². The minimum atomic E-state index is -0.345. The average Bonchev–Trinajstić information content (AvgIpc) is 3.12. The third kappa shape index (κ3) is 4.88. The Bertz CT molecular complexity index is 567. The zero-order valence-corrected chi connectivity index (χ0v) is 14.4. The Hall–Kier alpha value is -1.73. The molecule has 0 saturated carbocycles. The molecule has 2 aliphatic heterocycles. The van der Waals surface area contributed by atoms with Gasteiger partial charge in [-0.3, -0.25) is 4.79 Å². The van der Waals surface area contributed by atoms with Crippen LogP contribution in [-0.4, -0.2) is 42.2 Å². The first-order valence-corrected chi connectivity index (χ1v) is 9.54. The Morgan fingerprint density at radius 1 is 1.00 bits per heavy atom. The van der Waals surface area contributed by atoms with Gasteiger partial charge in [-0.05, 0) is 61.5 Å². The predicted molar refractivity (Wildman–Crippen MR) is 96.5 cm³/mol. The Morgan fingerprint density at radius 2 is 1.67 bits per heavy atom. The number of nitrogens with one attached hydrogen (secondary N) is 3. The second-order valence-corrected chi connectivity index (χ2v) is 7.28. The molecule has 2 saturated heterocycles. The molecule has 2 aliphatic rings. The van der Waals surface area contributed by atoms with Crippen LogP contribution in [-0.2, 0) is 9.53 Å². The van der Waals surface area contributed by atoms with E-state index >= 15 is 0 Å². The van der Waals surface area contributed by atoms with E-state index in [1.807, 2.05) is 11.8 Å². The van der Waals surface area contributed by atoms with Crippen molar-refractivity contribution in [1.82, 2.24) is 5.32 Å². The summed E-state index contributed by atoms with van der Waals surface area (Å²) in [5, 5.41) is 8.67. The molecule has 7 heteroatoms. The highest BCUT2D eigenvalue weighted by Crippen LogP contribution is 2.19. The molecule has 1 atom stereocenters. The Labute approximate surface area is 146 Å². The zero-order chi connectivity index (χ0) is 16.8. The van der Waals surface area contributed by atoms with Crippen molar-refractivity contribution in [2.24, 2.45) is 0 Å². The molecular weight excluding hydrogens is 326 g/mol. The third-order valence-corrected chi connectivity index (χ3v) is 5.24. The van der Waals surface area contributed by atoms with E-state index in [4.69, 9.17) is 4.74 Å². The number of urea groups is 1. The van der Waals surface area contributed by atoms with Crippen LogP contribution in [0.3, 0.4) is 0 Å². The number of thioether (sulfide) groups is 1. The summed E-state index contributed by atoms with van der Waals surface area (Å²) in [4.78, 5) is 24.0. The molecule has 3 rings (SSSR count). The Balaban J connectivity index is 1.46. The van der Waals surface area contributed by atoms with Crippen molar-refractivity contribution in [2.75, 3.05) is 28.7 Å². The maximum absolute atomic E-state index is 12.0. The second-order valence-electron chi connectivity index (χ2n) is 6.05. The monoisotopic (exact) mass is 349 g/mol. The summed E-state index contributed by atoms with van der Waals surface area (Å²) in [6, 6.07) is 7.20. The molecule has 0 aliphatic carbocycles. The fraction of sp³-hybridized carbons (Fsp3) is 0.529. The van der Waals surface area contributed by atoms with Gasteiger partial charge in [0.2, 0.25) is 0 Å². The molecule has 0 aromatic heterocycles. The van der Waals surface area contributed by atoms with Crippen LogP contribution in [0.25, 0.3) is 0 Å². The summed E-state index contributed by atoms with van der Waals surface area (Å²) < 4.78 is 5.36. The molecular formula is C17H23N3O3S. The fourth-order valence-corrected chi connectivity index (χ4v) is 3.95. The highest BCUT2D eigenvalue weighted by Gasteiger charge is 2.23. The molecule has 2 heterocycles. The lowest BCUT2D eigenvalue weighted by Crippen LogP contribution is -2.39. The number of ether oxygens (including phenoxy) is 1. The van der Waals surface area contributed by atoms with Gasteiger partial charge in [0, 0.05) is 24.0 Å². The largest absolute Gasteiger partial charge is 0.368 e. The molecule has 1 aromatic carbocycles. The molecule has 0 unspecified atom stereocenters. The third-order valence-electron chi connectivity index (χ3n) is 4.19. The number of carbonyl (C=O) groups excluding carboxylic acids is 2. The summed E-state index contributed by atoms with van der Waals surface area (Å²) >= 11 is 1.93. The number of anilines is 2. The molecule has 130 valence electrons. The van der Waals surface area contributed by atoms with E-state index in [2.05, 4.69) is 16.0 Å². The van der Waals surface area contributed by atoms with E-state index < -0.39 is 0 Å². The quantitative estimate of drug-likeness (QED) is 0.781. The van der Waals surface area contributed by atoms with Gasteiger partial charge in [-0.1, -0.05) is 0 Å². The number of amides is 3. The van der Waals surface area contributed by atoms with Crippen molar-refractivity contribution < 1.29 is 14.3 Å². The zero-order valence-electron chi connectivity index (χ0n) is 13.5. The van der Waals surface area contributed by atoms with Gasteiger partial charge in [0.1, 0.15) is 6.10 Å². The molecule has 0 radical (unpaired) electrons. The smallest absolute Gasteiger partial charge is 0.319 e. The van der Waals surface area contributed by atoms with Crippen molar-refractivity contribution >= 4 is 35.1 Å². The first kappa shape index (κ1) is 17.1. The van der Waals surface area contributed by atoms with Crippen LogP contribution >= 0.6 is 11.8 Å². The number of hydrogen-bond donors (Lipinski definition) is 3. The van der Waals surface area contributed by atoms with Crippen LogP contribution in [0.2, 0.25) is 0 Å². The topological polar surface area (TPSA) is 79.5 Å². The minimum absolute atomic E-state index is 0.110. The summed E-state index contributed by atoms with van der Waals surface area (Å²) in [7, 11) is 0. The Morgan fingerprint density at radius 3 is 2.29 bits per heavy atom. The first-order chi connectivity index (χ1) is 11.7. The van der Waals surface area contributed by atoms with E-state index in [0.717, 1.165) is 37.2 Å². The van der Waals surface area contributed by atoms with Crippen molar-refractivity contribution in [2.45, 2.75) is 37.8 Å². The molecule has 6 nitrogen and oxygen atoms in total. The van der Waals surface area contributed by atoms with Gasteiger partial charge in [0.15, 0.2) is 0 Å². The minimum Gasteiger partial charge on any atom is -0.368 e. The average molecular weight is 349 g/mol. The van der Waals surface area contributed by atoms with Gasteiger partial charge in [0.05, 0.1) is 0 Å². The van der Waals surface area contributed by atoms with E-state index in [1.165, 1.54) is 0 Å². The molecule has 1 aromatic rings. The van der Waals surface area contributed by atoms with Crippen LogP contribution in [0, 0.1) is 0 Å². The molecule has 3 N–H and O–H groups in total. The lowest BCUT2D eigenvalue weighted by Gasteiger charge is -2.22. The fourth-order valence-electron chi connectivity index (χ4n) is 2.84. The Kier molecular flexibility index (Phi) is 5.98. The predicted octanol–water partition coefficient (Wildman–Crippen LogP) is 2.82. The molecule has 3 amide bonds. The van der Waals surface area contributed by atoms with E-state index in [9.17, 15) is 9.59 Å². The summed E-state index contributed by atoms with van der Waals surface area (Å²) in [5.41, 5.74) is 1.40. The second kappa shape index (κ2) is 8.39. The molecule has 2 fully saturated rings. The molecule has 24 heavy (non-hydrogen) atoms.